The molecular weight excluding hydrogens is 493 g/mol. The van der Waals surface area contributed by atoms with Gasteiger partial charge in [0.05, 0.1) is 10.5 Å². The van der Waals surface area contributed by atoms with Gasteiger partial charge in [-0.15, -0.1) is 0 Å². The number of anilines is 2. The minimum atomic E-state index is -4.60. The SMILES string of the molecule is CC[C@@H](Oc1ccc(Cl)cc1)C(=O)Nc1ccc(S(=O)(=O)Nc2cccc(C(F)(F)F)c2)cc1. The average Bonchev–Trinajstić information content (AvgIpc) is 2.78. The average molecular weight is 513 g/mol. The molecule has 0 bridgehead atoms. The first kappa shape index (κ1) is 25.4. The number of alkyl halides is 3. The molecule has 34 heavy (non-hydrogen) atoms. The summed E-state index contributed by atoms with van der Waals surface area (Å²) in [7, 11) is -4.15. The number of nitrogens with one attached hydrogen (secondary N) is 2. The molecule has 0 heterocycles. The van der Waals surface area contributed by atoms with Crippen LogP contribution in [-0.4, -0.2) is 20.4 Å². The van der Waals surface area contributed by atoms with Crippen molar-refractivity contribution >= 4 is 38.9 Å². The van der Waals surface area contributed by atoms with Gasteiger partial charge in [0.2, 0.25) is 0 Å². The molecule has 0 saturated carbocycles. The number of amides is 1. The molecule has 0 saturated heterocycles. The molecule has 3 rings (SSSR count). The van der Waals surface area contributed by atoms with Crippen LogP contribution >= 0.6 is 11.6 Å². The summed E-state index contributed by atoms with van der Waals surface area (Å²) < 4.78 is 71.5. The van der Waals surface area contributed by atoms with Crippen molar-refractivity contribution in [3.8, 4) is 5.75 Å². The van der Waals surface area contributed by atoms with Crippen molar-refractivity contribution in [2.45, 2.75) is 30.5 Å². The van der Waals surface area contributed by atoms with E-state index in [2.05, 4.69) is 10.0 Å². The molecule has 1 amide bonds. The molecule has 3 aromatic carbocycles. The lowest BCUT2D eigenvalue weighted by atomic mass is 10.2. The Bertz CT molecular complexity index is 1250. The van der Waals surface area contributed by atoms with E-state index in [-0.39, 0.29) is 10.6 Å². The summed E-state index contributed by atoms with van der Waals surface area (Å²) in [6.45, 7) is 1.77. The number of hydrogen-bond donors (Lipinski definition) is 2. The van der Waals surface area contributed by atoms with Gasteiger partial charge in [-0.05, 0) is 73.2 Å². The fourth-order valence-corrected chi connectivity index (χ4v) is 4.09. The van der Waals surface area contributed by atoms with E-state index in [0.717, 1.165) is 12.1 Å². The standard InChI is InChI=1S/C23H20ClF3N2O4S/c1-2-21(33-19-10-6-16(24)7-11-19)22(30)28-17-8-12-20(13-9-17)34(31,32)29-18-5-3-4-15(14-18)23(25,26)27/h3-14,21,29H,2H2,1H3,(H,28,30)/t21-/m1/s1. The summed E-state index contributed by atoms with van der Waals surface area (Å²) in [4.78, 5) is 12.4. The van der Waals surface area contributed by atoms with Crippen LogP contribution in [0.1, 0.15) is 18.9 Å². The molecule has 3 aromatic rings. The van der Waals surface area contributed by atoms with Crippen molar-refractivity contribution in [1.82, 2.24) is 0 Å². The Kier molecular flexibility index (Phi) is 7.73. The maximum absolute atomic E-state index is 12.9. The second kappa shape index (κ2) is 10.4. The molecule has 180 valence electrons. The summed E-state index contributed by atoms with van der Waals surface area (Å²) in [5.41, 5.74) is -0.879. The van der Waals surface area contributed by atoms with Gasteiger partial charge in [-0.1, -0.05) is 24.6 Å². The smallest absolute Gasteiger partial charge is 0.416 e. The van der Waals surface area contributed by atoms with E-state index in [4.69, 9.17) is 16.3 Å². The highest BCUT2D eigenvalue weighted by Crippen LogP contribution is 2.31. The van der Waals surface area contributed by atoms with Crippen LogP contribution in [0.15, 0.2) is 77.7 Å². The number of hydrogen-bond acceptors (Lipinski definition) is 4. The first-order valence-electron chi connectivity index (χ1n) is 10.0. The van der Waals surface area contributed by atoms with Crippen molar-refractivity contribution in [2.24, 2.45) is 0 Å². The van der Waals surface area contributed by atoms with Gasteiger partial charge >= 0.3 is 6.18 Å². The number of ether oxygens (including phenoxy) is 1. The van der Waals surface area contributed by atoms with E-state index in [1.807, 2.05) is 0 Å². The molecule has 6 nitrogen and oxygen atoms in total. The van der Waals surface area contributed by atoms with Crippen LogP contribution in [-0.2, 0) is 21.0 Å². The van der Waals surface area contributed by atoms with E-state index in [9.17, 15) is 26.4 Å². The number of benzene rings is 3. The molecule has 0 spiro atoms. The van der Waals surface area contributed by atoms with Crippen LogP contribution < -0.4 is 14.8 Å². The van der Waals surface area contributed by atoms with Crippen molar-refractivity contribution < 1.29 is 31.1 Å². The maximum atomic E-state index is 12.9. The monoisotopic (exact) mass is 512 g/mol. The molecule has 0 unspecified atom stereocenters. The lowest BCUT2D eigenvalue weighted by Crippen LogP contribution is -2.32. The molecule has 0 aliphatic heterocycles. The van der Waals surface area contributed by atoms with E-state index in [1.165, 1.54) is 30.3 Å². The minimum Gasteiger partial charge on any atom is -0.481 e. The second-order valence-electron chi connectivity index (χ2n) is 7.17. The second-order valence-corrected chi connectivity index (χ2v) is 9.29. The third-order valence-electron chi connectivity index (χ3n) is 4.63. The fourth-order valence-electron chi connectivity index (χ4n) is 2.91. The molecule has 0 aliphatic rings. The predicted molar refractivity (Wildman–Crippen MR) is 123 cm³/mol. The number of carbonyl (C=O) groups excluding carboxylic acids is 1. The van der Waals surface area contributed by atoms with E-state index >= 15 is 0 Å². The van der Waals surface area contributed by atoms with Gasteiger partial charge in [-0.2, -0.15) is 13.2 Å². The molecule has 2 N–H and O–H groups in total. The fraction of sp³-hybridized carbons (Fsp3) is 0.174. The van der Waals surface area contributed by atoms with Crippen molar-refractivity contribution in [3.63, 3.8) is 0 Å². The zero-order valence-corrected chi connectivity index (χ0v) is 19.3. The van der Waals surface area contributed by atoms with Gasteiger partial charge in [-0.3, -0.25) is 9.52 Å². The Morgan fingerprint density at radius 1 is 1.00 bits per heavy atom. The van der Waals surface area contributed by atoms with Crippen LogP contribution in [0.4, 0.5) is 24.5 Å². The molecule has 0 aliphatic carbocycles. The summed E-state index contributed by atoms with van der Waals surface area (Å²) in [5, 5.41) is 3.18. The highest BCUT2D eigenvalue weighted by atomic mass is 35.5. The third kappa shape index (κ3) is 6.64. The Morgan fingerprint density at radius 2 is 1.65 bits per heavy atom. The molecule has 0 aromatic heterocycles. The Labute approximate surface area is 199 Å². The summed E-state index contributed by atoms with van der Waals surface area (Å²) >= 11 is 5.84. The first-order valence-corrected chi connectivity index (χ1v) is 11.9. The highest BCUT2D eigenvalue weighted by Gasteiger charge is 2.30. The van der Waals surface area contributed by atoms with Crippen molar-refractivity contribution in [3.05, 3.63) is 83.4 Å². The van der Waals surface area contributed by atoms with E-state index in [0.29, 0.717) is 28.9 Å². The summed E-state index contributed by atoms with van der Waals surface area (Å²) in [5.74, 6) is 0.0312. The molecule has 1 atom stereocenters. The Hall–Kier alpha value is -3.24. The molecule has 0 fully saturated rings. The minimum absolute atomic E-state index is 0.188. The highest BCUT2D eigenvalue weighted by molar-refractivity contribution is 7.92. The van der Waals surface area contributed by atoms with Crippen molar-refractivity contribution in [1.29, 1.82) is 0 Å². The van der Waals surface area contributed by atoms with Gasteiger partial charge in [-0.25, -0.2) is 8.42 Å². The van der Waals surface area contributed by atoms with Gasteiger partial charge in [0.1, 0.15) is 5.75 Å². The lowest BCUT2D eigenvalue weighted by Gasteiger charge is -2.17. The van der Waals surface area contributed by atoms with Gasteiger partial charge in [0.25, 0.3) is 15.9 Å². The van der Waals surface area contributed by atoms with Crippen LogP contribution in [0.25, 0.3) is 0 Å². The Morgan fingerprint density at radius 3 is 2.24 bits per heavy atom. The maximum Gasteiger partial charge on any atom is 0.416 e. The largest absolute Gasteiger partial charge is 0.481 e. The summed E-state index contributed by atoms with van der Waals surface area (Å²) in [6.07, 6.45) is -5.02. The van der Waals surface area contributed by atoms with Crippen LogP contribution in [0.5, 0.6) is 5.75 Å². The topological polar surface area (TPSA) is 84.5 Å². The normalized spacial score (nSPS) is 12.6. The van der Waals surface area contributed by atoms with Crippen molar-refractivity contribution in [2.75, 3.05) is 10.0 Å². The zero-order chi connectivity index (χ0) is 24.9. The first-order chi connectivity index (χ1) is 16.0. The van der Waals surface area contributed by atoms with Gasteiger partial charge in [0, 0.05) is 16.4 Å². The molecular formula is C23H20ClF3N2O4S. The Balaban J connectivity index is 1.67. The van der Waals surface area contributed by atoms with Gasteiger partial charge < -0.3 is 10.1 Å². The van der Waals surface area contributed by atoms with Gasteiger partial charge in [0.15, 0.2) is 6.10 Å². The number of rotatable bonds is 8. The summed E-state index contributed by atoms with van der Waals surface area (Å²) in [6, 6.07) is 15.6. The van der Waals surface area contributed by atoms with Crippen LogP contribution in [0.2, 0.25) is 5.02 Å². The van der Waals surface area contributed by atoms with E-state index < -0.39 is 33.8 Å². The number of carbonyl (C=O) groups is 1. The van der Waals surface area contributed by atoms with E-state index in [1.54, 1.807) is 31.2 Å². The van der Waals surface area contributed by atoms with Crippen LogP contribution in [0, 0.1) is 0 Å². The predicted octanol–water partition coefficient (Wildman–Crippen LogP) is 5.96. The number of sulfonamides is 1. The zero-order valence-electron chi connectivity index (χ0n) is 17.8. The molecule has 0 radical (unpaired) electrons. The third-order valence-corrected chi connectivity index (χ3v) is 6.28. The molecule has 11 heteroatoms. The number of halogens is 4. The van der Waals surface area contributed by atoms with Crippen LogP contribution in [0.3, 0.4) is 0 Å². The quantitative estimate of drug-likeness (QED) is 0.390. The lowest BCUT2D eigenvalue weighted by molar-refractivity contribution is -0.137.